The van der Waals surface area contributed by atoms with E-state index in [0.717, 1.165) is 51.5 Å². The van der Waals surface area contributed by atoms with Gasteiger partial charge in [0.2, 0.25) is 0 Å². The molecule has 0 heterocycles. The molecule has 0 rings (SSSR count). The molecule has 0 saturated carbocycles. The highest BCUT2D eigenvalue weighted by Crippen LogP contribution is 2.44. The molecule has 0 aliphatic rings. The van der Waals surface area contributed by atoms with Crippen LogP contribution in [0.5, 0.6) is 0 Å². The van der Waals surface area contributed by atoms with E-state index in [4.69, 9.17) is 9.47 Å². The Kier molecular flexibility index (Phi) is 34.7. The predicted octanol–water partition coefficient (Wildman–Crippen LogP) is 13.5. The molecule has 0 radical (unpaired) electrons. The van der Waals surface area contributed by atoms with Gasteiger partial charge in [-0.05, 0) is 71.5 Å². The number of hydrogen-bond acceptors (Lipinski definition) is 6. The van der Waals surface area contributed by atoms with E-state index in [9.17, 15) is 19.5 Å². The summed E-state index contributed by atoms with van der Waals surface area (Å²) in [5, 5.41) is 11.2. The smallest absolute Gasteiger partial charge is 0.309 e. The highest BCUT2D eigenvalue weighted by atomic mass is 16.6. The van der Waals surface area contributed by atoms with Crippen LogP contribution in [0.4, 0.5) is 0 Å². The van der Waals surface area contributed by atoms with Crippen LogP contribution in [0, 0.1) is 17.3 Å². The normalized spacial score (nSPS) is 14.4. The Morgan fingerprint density at radius 2 is 0.944 bits per heavy atom. The highest BCUT2D eigenvalue weighted by molar-refractivity contribution is 5.75. The third-order valence-electron chi connectivity index (χ3n) is 11.5. The molecule has 1 N–H and O–H groups in total. The summed E-state index contributed by atoms with van der Waals surface area (Å²) >= 11 is 0. The van der Waals surface area contributed by atoms with E-state index in [-0.39, 0.29) is 25.0 Å². The van der Waals surface area contributed by atoms with Crippen molar-refractivity contribution in [2.24, 2.45) is 17.3 Å². The molecule has 0 aromatic heterocycles. The monoisotopic (exact) mass is 766 g/mol. The fraction of sp³-hybridized carbons (Fsp3) is 0.936. The van der Waals surface area contributed by atoms with Gasteiger partial charge in [0, 0.05) is 12.8 Å². The zero-order chi connectivity index (χ0) is 40.3. The number of unbranched alkanes of at least 4 members (excludes halogenated alkanes) is 16. The molecule has 0 fully saturated rings. The number of carbonyl (C=O) groups is 3. The summed E-state index contributed by atoms with van der Waals surface area (Å²) in [7, 11) is 3.95. The summed E-state index contributed by atoms with van der Waals surface area (Å²) in [6, 6.07) is 0. The lowest BCUT2D eigenvalue weighted by Gasteiger charge is -2.37. The molecule has 54 heavy (non-hydrogen) atoms. The van der Waals surface area contributed by atoms with E-state index in [2.05, 4.69) is 27.7 Å². The Labute approximate surface area is 335 Å². The number of carboxylic acid groups (broad SMARTS) is 1. The van der Waals surface area contributed by atoms with Crippen molar-refractivity contribution >= 4 is 17.9 Å². The number of aliphatic carboxylic acids is 1. The summed E-state index contributed by atoms with van der Waals surface area (Å²) in [5.41, 5.74) is -0.828. The molecule has 0 aliphatic heterocycles. The first-order valence-electron chi connectivity index (χ1n) is 23.3. The molecule has 7 heteroatoms. The first-order chi connectivity index (χ1) is 26.0. The average molecular weight is 766 g/mol. The molecule has 0 bridgehead atoms. The van der Waals surface area contributed by atoms with Crippen molar-refractivity contribution in [1.29, 1.82) is 0 Å². The standard InChI is InChI=1S/C47H91NO6/c1-8-12-16-20-22-26-32-42(30-24-18-14-10-3)38-47(46(51)52,39-43(31-25-19-15-11-4)33-27-23-21-17-13-9-2)36-28-34-44(49)53-40-41(5)54-45(50)35-29-37-48(6)7/h41-43H,8-40H2,1-7H3,(H,51,52). The van der Waals surface area contributed by atoms with Gasteiger partial charge in [0.25, 0.3) is 0 Å². The first kappa shape index (κ1) is 52.4. The minimum absolute atomic E-state index is 0.0263. The van der Waals surface area contributed by atoms with Gasteiger partial charge in [-0.3, -0.25) is 14.4 Å². The Bertz CT molecular complexity index is 857. The zero-order valence-corrected chi connectivity index (χ0v) is 37.0. The largest absolute Gasteiger partial charge is 0.481 e. The minimum atomic E-state index is -0.828. The van der Waals surface area contributed by atoms with Gasteiger partial charge in [-0.25, -0.2) is 0 Å². The van der Waals surface area contributed by atoms with Crippen LogP contribution >= 0.6 is 0 Å². The van der Waals surface area contributed by atoms with Gasteiger partial charge < -0.3 is 19.5 Å². The maximum Gasteiger partial charge on any atom is 0.309 e. The van der Waals surface area contributed by atoms with E-state index in [0.29, 0.717) is 31.1 Å². The molecule has 3 unspecified atom stereocenters. The van der Waals surface area contributed by atoms with Crippen LogP contribution in [0.25, 0.3) is 0 Å². The molecule has 0 aliphatic carbocycles. The zero-order valence-electron chi connectivity index (χ0n) is 37.0. The molecule has 320 valence electrons. The van der Waals surface area contributed by atoms with Gasteiger partial charge in [0.15, 0.2) is 0 Å². The Balaban J connectivity index is 5.91. The van der Waals surface area contributed by atoms with Crippen molar-refractivity contribution in [2.45, 2.75) is 240 Å². The average Bonchev–Trinajstić information content (AvgIpc) is 3.13. The third kappa shape index (κ3) is 29.6. The van der Waals surface area contributed by atoms with Crippen LogP contribution in [-0.4, -0.2) is 61.3 Å². The maximum atomic E-state index is 13.7. The predicted molar refractivity (Wildman–Crippen MR) is 228 cm³/mol. The second-order valence-electron chi connectivity index (χ2n) is 17.3. The maximum absolute atomic E-state index is 13.7. The second kappa shape index (κ2) is 35.8. The first-order valence-corrected chi connectivity index (χ1v) is 23.3. The van der Waals surface area contributed by atoms with Crippen molar-refractivity contribution < 1.29 is 29.0 Å². The van der Waals surface area contributed by atoms with Crippen molar-refractivity contribution in [3.05, 3.63) is 0 Å². The van der Waals surface area contributed by atoms with Gasteiger partial charge in [0.1, 0.15) is 12.7 Å². The van der Waals surface area contributed by atoms with Gasteiger partial charge >= 0.3 is 17.9 Å². The van der Waals surface area contributed by atoms with Crippen LogP contribution in [-0.2, 0) is 23.9 Å². The topological polar surface area (TPSA) is 93.1 Å². The number of esters is 2. The van der Waals surface area contributed by atoms with E-state index < -0.39 is 17.5 Å². The number of carboxylic acids is 1. The van der Waals surface area contributed by atoms with Crippen molar-refractivity contribution in [3.63, 3.8) is 0 Å². The molecular formula is C47H91NO6. The highest BCUT2D eigenvalue weighted by Gasteiger charge is 2.41. The quantitative estimate of drug-likeness (QED) is 0.0490. The number of nitrogens with zero attached hydrogens (tertiary/aromatic N) is 1. The van der Waals surface area contributed by atoms with Crippen LogP contribution in [0.15, 0.2) is 0 Å². The molecule has 7 nitrogen and oxygen atoms in total. The Morgan fingerprint density at radius 1 is 0.556 bits per heavy atom. The lowest BCUT2D eigenvalue weighted by Crippen LogP contribution is -2.36. The lowest BCUT2D eigenvalue weighted by atomic mass is 9.67. The number of ether oxygens (including phenoxy) is 2. The van der Waals surface area contributed by atoms with Crippen molar-refractivity contribution in [3.8, 4) is 0 Å². The molecule has 0 saturated heterocycles. The lowest BCUT2D eigenvalue weighted by molar-refractivity contribution is -0.158. The van der Waals surface area contributed by atoms with E-state index in [1.165, 1.54) is 128 Å². The molecule has 0 spiro atoms. The van der Waals surface area contributed by atoms with Crippen molar-refractivity contribution in [1.82, 2.24) is 4.90 Å². The molecule has 0 aromatic rings. The summed E-state index contributed by atoms with van der Waals surface area (Å²) in [6.07, 6.45) is 32.4. The fourth-order valence-corrected chi connectivity index (χ4v) is 8.23. The van der Waals surface area contributed by atoms with Gasteiger partial charge in [-0.1, -0.05) is 182 Å². The Hall–Kier alpha value is -1.63. The summed E-state index contributed by atoms with van der Waals surface area (Å²) in [6.45, 7) is 11.6. The van der Waals surface area contributed by atoms with E-state index in [1.54, 1.807) is 6.92 Å². The van der Waals surface area contributed by atoms with Gasteiger partial charge in [0.05, 0.1) is 5.41 Å². The SMILES string of the molecule is CCCCCCCCC(CCCCCC)CC(CCCC(=O)OCC(C)OC(=O)CCCN(C)C)(CC(CCCCCC)CCCCCCCC)C(=O)O. The van der Waals surface area contributed by atoms with Crippen LogP contribution in [0.2, 0.25) is 0 Å². The number of hydrogen-bond donors (Lipinski definition) is 1. The van der Waals surface area contributed by atoms with Gasteiger partial charge in [-0.15, -0.1) is 0 Å². The summed E-state index contributed by atoms with van der Waals surface area (Å²) < 4.78 is 11.0. The third-order valence-corrected chi connectivity index (χ3v) is 11.5. The summed E-state index contributed by atoms with van der Waals surface area (Å²) in [5.74, 6) is -0.467. The summed E-state index contributed by atoms with van der Waals surface area (Å²) in [4.78, 5) is 40.9. The number of rotatable bonds is 40. The fourth-order valence-electron chi connectivity index (χ4n) is 8.23. The van der Waals surface area contributed by atoms with Crippen LogP contribution in [0.3, 0.4) is 0 Å². The second-order valence-corrected chi connectivity index (χ2v) is 17.3. The van der Waals surface area contributed by atoms with Crippen LogP contribution < -0.4 is 0 Å². The number of carbonyl (C=O) groups excluding carboxylic acids is 2. The minimum Gasteiger partial charge on any atom is -0.481 e. The Morgan fingerprint density at radius 3 is 1.35 bits per heavy atom. The molecule has 3 atom stereocenters. The van der Waals surface area contributed by atoms with Gasteiger partial charge in [-0.2, -0.15) is 0 Å². The van der Waals surface area contributed by atoms with Crippen molar-refractivity contribution in [2.75, 3.05) is 27.2 Å². The van der Waals surface area contributed by atoms with E-state index in [1.807, 2.05) is 19.0 Å². The van der Waals surface area contributed by atoms with Crippen LogP contribution in [0.1, 0.15) is 234 Å². The molecular weight excluding hydrogens is 675 g/mol. The van der Waals surface area contributed by atoms with E-state index >= 15 is 0 Å². The molecule has 0 amide bonds. The molecule has 0 aromatic carbocycles.